The number of hydrogen-bond acceptors (Lipinski definition) is 5. The van der Waals surface area contributed by atoms with E-state index in [2.05, 4.69) is 22.1 Å². The van der Waals surface area contributed by atoms with Gasteiger partial charge in [0.15, 0.2) is 5.82 Å². The van der Waals surface area contributed by atoms with Crippen LogP contribution in [0.2, 0.25) is 0 Å². The number of H-pyrrole nitrogens is 1. The normalized spacial score (nSPS) is 17.3. The van der Waals surface area contributed by atoms with Gasteiger partial charge in [-0.2, -0.15) is 10.4 Å². The van der Waals surface area contributed by atoms with Gasteiger partial charge in [0.2, 0.25) is 5.91 Å². The van der Waals surface area contributed by atoms with E-state index in [-0.39, 0.29) is 18.4 Å². The zero-order valence-corrected chi connectivity index (χ0v) is 12.8. The highest BCUT2D eigenvalue weighted by molar-refractivity contribution is 6.03. The molecular formula is C16H15N5O3. The molecule has 24 heavy (non-hydrogen) atoms. The van der Waals surface area contributed by atoms with Crippen LogP contribution in [0.1, 0.15) is 5.56 Å². The second kappa shape index (κ2) is 6.52. The van der Waals surface area contributed by atoms with Gasteiger partial charge in [0.05, 0.1) is 30.4 Å². The lowest BCUT2D eigenvalue weighted by Gasteiger charge is -2.33. The number of aromatic amines is 1. The van der Waals surface area contributed by atoms with Crippen molar-refractivity contribution in [3.63, 3.8) is 0 Å². The molecule has 0 bridgehead atoms. The van der Waals surface area contributed by atoms with Gasteiger partial charge in [-0.1, -0.05) is 6.58 Å². The third-order valence-electron chi connectivity index (χ3n) is 3.82. The molecule has 0 aliphatic carbocycles. The molecule has 2 amide bonds. The van der Waals surface area contributed by atoms with Crippen molar-refractivity contribution in [3.05, 3.63) is 36.4 Å². The molecule has 1 aromatic heterocycles. The van der Waals surface area contributed by atoms with Crippen LogP contribution in [0.4, 0.5) is 5.82 Å². The molecular weight excluding hydrogens is 310 g/mol. The van der Waals surface area contributed by atoms with Crippen molar-refractivity contribution >= 4 is 28.5 Å². The van der Waals surface area contributed by atoms with E-state index in [0.717, 1.165) is 0 Å². The molecule has 8 nitrogen and oxygen atoms in total. The minimum atomic E-state index is -0.741. The first kappa shape index (κ1) is 15.7. The molecule has 8 heteroatoms. The van der Waals surface area contributed by atoms with Crippen molar-refractivity contribution in [2.24, 2.45) is 0 Å². The van der Waals surface area contributed by atoms with Crippen LogP contribution in [0, 0.1) is 11.3 Å². The Bertz CT molecular complexity index is 851. The molecule has 2 aromatic rings. The molecule has 122 valence electrons. The Hall–Kier alpha value is -3.18. The second-order valence-electron chi connectivity index (χ2n) is 5.26. The maximum Gasteiger partial charge on any atom is 0.250 e. The van der Waals surface area contributed by atoms with Crippen molar-refractivity contribution in [1.29, 1.82) is 5.26 Å². The maximum absolute atomic E-state index is 12.5. The summed E-state index contributed by atoms with van der Waals surface area (Å²) in [5.41, 5.74) is 1.13. The molecule has 0 radical (unpaired) electrons. The summed E-state index contributed by atoms with van der Waals surface area (Å²) in [6.07, 6.45) is 1.18. The first-order chi connectivity index (χ1) is 11.6. The van der Waals surface area contributed by atoms with E-state index >= 15 is 0 Å². The van der Waals surface area contributed by atoms with Crippen LogP contribution in [-0.4, -0.2) is 52.7 Å². The fourth-order valence-electron chi connectivity index (χ4n) is 2.59. The van der Waals surface area contributed by atoms with Gasteiger partial charge in [0.1, 0.15) is 6.04 Å². The molecule has 1 aliphatic rings. The monoisotopic (exact) mass is 325 g/mol. The van der Waals surface area contributed by atoms with Crippen LogP contribution in [0.15, 0.2) is 30.9 Å². The SMILES string of the molecule is C=CC(=O)N1CCOC[C@H]1C(=O)Nc1n[nH]c2cc(C#N)ccc12. The van der Waals surface area contributed by atoms with Gasteiger partial charge in [-0.3, -0.25) is 14.7 Å². The quantitative estimate of drug-likeness (QED) is 0.810. The number of carbonyl (C=O) groups is 2. The van der Waals surface area contributed by atoms with E-state index < -0.39 is 6.04 Å². The molecule has 1 aromatic carbocycles. The Balaban J connectivity index is 1.82. The van der Waals surface area contributed by atoms with Gasteiger partial charge in [0, 0.05) is 11.9 Å². The predicted octanol–water partition coefficient (Wildman–Crippen LogP) is 0.786. The van der Waals surface area contributed by atoms with Crippen LogP contribution in [-0.2, 0) is 14.3 Å². The molecule has 2 heterocycles. The molecule has 3 rings (SSSR count). The number of fused-ring (bicyclic) bond motifs is 1. The molecule has 1 aliphatic heterocycles. The average molecular weight is 325 g/mol. The first-order valence-electron chi connectivity index (χ1n) is 7.34. The lowest BCUT2D eigenvalue weighted by atomic mass is 10.1. The third kappa shape index (κ3) is 2.85. The number of ether oxygens (including phenoxy) is 1. The molecule has 1 saturated heterocycles. The topological polar surface area (TPSA) is 111 Å². The molecule has 1 atom stereocenters. The van der Waals surface area contributed by atoms with Gasteiger partial charge in [-0.05, 0) is 24.3 Å². The van der Waals surface area contributed by atoms with Crippen molar-refractivity contribution in [2.45, 2.75) is 6.04 Å². The second-order valence-corrected chi connectivity index (χ2v) is 5.26. The summed E-state index contributed by atoms with van der Waals surface area (Å²) < 4.78 is 5.31. The number of nitriles is 1. The van der Waals surface area contributed by atoms with Gasteiger partial charge in [-0.15, -0.1) is 0 Å². The summed E-state index contributed by atoms with van der Waals surface area (Å²) in [5.74, 6) is -0.359. The van der Waals surface area contributed by atoms with E-state index in [4.69, 9.17) is 10.00 Å². The number of rotatable bonds is 3. The highest BCUT2D eigenvalue weighted by Gasteiger charge is 2.32. The van der Waals surface area contributed by atoms with Gasteiger partial charge in [0.25, 0.3) is 5.91 Å². The van der Waals surface area contributed by atoms with Crippen LogP contribution in [0.25, 0.3) is 10.9 Å². The third-order valence-corrected chi connectivity index (χ3v) is 3.82. The van der Waals surface area contributed by atoms with E-state index in [0.29, 0.717) is 35.4 Å². The van der Waals surface area contributed by atoms with Gasteiger partial charge < -0.3 is 15.0 Å². The van der Waals surface area contributed by atoms with Crippen LogP contribution in [0.3, 0.4) is 0 Å². The largest absolute Gasteiger partial charge is 0.377 e. The number of amides is 2. The molecule has 2 N–H and O–H groups in total. The lowest BCUT2D eigenvalue weighted by Crippen LogP contribution is -2.53. The summed E-state index contributed by atoms with van der Waals surface area (Å²) in [7, 11) is 0. The fourth-order valence-corrected chi connectivity index (χ4v) is 2.59. The van der Waals surface area contributed by atoms with E-state index in [9.17, 15) is 9.59 Å². The highest BCUT2D eigenvalue weighted by atomic mass is 16.5. The zero-order chi connectivity index (χ0) is 17.1. The summed E-state index contributed by atoms with van der Waals surface area (Å²) in [6, 6.07) is 6.30. The Morgan fingerprint density at radius 2 is 2.38 bits per heavy atom. The number of benzene rings is 1. The maximum atomic E-state index is 12.5. The molecule has 0 spiro atoms. The Morgan fingerprint density at radius 3 is 3.12 bits per heavy atom. The van der Waals surface area contributed by atoms with Crippen LogP contribution >= 0.6 is 0 Å². The molecule has 0 unspecified atom stereocenters. The molecule has 1 fully saturated rings. The highest BCUT2D eigenvalue weighted by Crippen LogP contribution is 2.22. The van der Waals surface area contributed by atoms with Crippen molar-refractivity contribution < 1.29 is 14.3 Å². The molecule has 0 saturated carbocycles. The standard InChI is InChI=1S/C16H15N5O3/c1-2-14(22)21-5-6-24-9-13(21)16(23)18-15-11-4-3-10(8-17)7-12(11)19-20-15/h2-4,7,13H,1,5-6,9H2,(H2,18,19,20,23)/t13-/m0/s1. The summed E-state index contributed by atoms with van der Waals surface area (Å²) in [4.78, 5) is 25.8. The van der Waals surface area contributed by atoms with Gasteiger partial charge in [-0.25, -0.2) is 0 Å². The minimum absolute atomic E-state index is 0.117. The lowest BCUT2D eigenvalue weighted by molar-refractivity contribution is -0.142. The average Bonchev–Trinajstić information content (AvgIpc) is 3.02. The smallest absolute Gasteiger partial charge is 0.250 e. The fraction of sp³-hybridized carbons (Fsp3) is 0.250. The van der Waals surface area contributed by atoms with E-state index in [1.165, 1.54) is 11.0 Å². The summed E-state index contributed by atoms with van der Waals surface area (Å²) >= 11 is 0. The van der Waals surface area contributed by atoms with E-state index in [1.54, 1.807) is 18.2 Å². The van der Waals surface area contributed by atoms with Crippen molar-refractivity contribution in [3.8, 4) is 6.07 Å². The number of hydrogen-bond donors (Lipinski definition) is 2. The predicted molar refractivity (Wildman–Crippen MR) is 86.0 cm³/mol. The Kier molecular flexibility index (Phi) is 4.26. The van der Waals surface area contributed by atoms with Crippen LogP contribution < -0.4 is 5.32 Å². The van der Waals surface area contributed by atoms with Gasteiger partial charge >= 0.3 is 0 Å². The van der Waals surface area contributed by atoms with E-state index in [1.807, 2.05) is 6.07 Å². The zero-order valence-electron chi connectivity index (χ0n) is 12.8. The number of carbonyl (C=O) groups excluding carboxylic acids is 2. The minimum Gasteiger partial charge on any atom is -0.377 e. The summed E-state index contributed by atoms with van der Waals surface area (Å²) in [5, 5.41) is 19.1. The summed E-state index contributed by atoms with van der Waals surface area (Å²) in [6.45, 7) is 4.28. The first-order valence-corrected chi connectivity index (χ1v) is 7.34. The Labute approximate surface area is 137 Å². The number of morpholine rings is 1. The number of nitrogens with one attached hydrogen (secondary N) is 2. The van der Waals surface area contributed by atoms with Crippen LogP contribution in [0.5, 0.6) is 0 Å². The number of anilines is 1. The van der Waals surface area contributed by atoms with Crippen molar-refractivity contribution in [2.75, 3.05) is 25.1 Å². The number of aromatic nitrogens is 2. The Morgan fingerprint density at radius 1 is 1.54 bits per heavy atom. The van der Waals surface area contributed by atoms with Crippen molar-refractivity contribution in [1.82, 2.24) is 15.1 Å². The number of nitrogens with zero attached hydrogens (tertiary/aromatic N) is 3.